The van der Waals surface area contributed by atoms with Crippen LogP contribution in [0.25, 0.3) is 0 Å². The Morgan fingerprint density at radius 1 is 1.29 bits per heavy atom. The average Bonchev–Trinajstić information content (AvgIpc) is 2.15. The van der Waals surface area contributed by atoms with E-state index in [2.05, 4.69) is 30.9 Å². The molecule has 3 heteroatoms. The maximum atomic E-state index is 5.42. The minimum absolute atomic E-state index is 0.810. The first-order valence-electron chi connectivity index (χ1n) is 5.31. The fourth-order valence-corrected chi connectivity index (χ4v) is 1.00. The maximum absolute atomic E-state index is 5.42. The van der Waals surface area contributed by atoms with Crippen LogP contribution in [-0.4, -0.2) is 51.8 Å². The molecule has 0 aliphatic rings. The topological polar surface area (TPSA) is 24.5 Å². The summed E-state index contributed by atoms with van der Waals surface area (Å²) in [5.41, 5.74) is 0. The maximum Gasteiger partial charge on any atom is 0.0590 e. The average molecular weight is 200 g/mol. The summed E-state index contributed by atoms with van der Waals surface area (Å²) in [6, 6.07) is 0. The first kappa shape index (κ1) is 13.6. The van der Waals surface area contributed by atoms with Gasteiger partial charge in [0.2, 0.25) is 0 Å². The van der Waals surface area contributed by atoms with E-state index in [4.69, 9.17) is 4.74 Å². The van der Waals surface area contributed by atoms with Crippen LogP contribution in [0, 0.1) is 0 Å². The van der Waals surface area contributed by atoms with Crippen LogP contribution in [0.3, 0.4) is 0 Å². The van der Waals surface area contributed by atoms with Gasteiger partial charge in [-0.25, -0.2) is 0 Å². The molecular formula is C11H24N2O. The lowest BCUT2D eigenvalue weighted by Crippen LogP contribution is -2.29. The third-order valence-corrected chi connectivity index (χ3v) is 1.86. The molecule has 0 bridgehead atoms. The van der Waals surface area contributed by atoms with E-state index in [9.17, 15) is 0 Å². The second-order valence-corrected chi connectivity index (χ2v) is 3.60. The van der Waals surface area contributed by atoms with Gasteiger partial charge in [0.05, 0.1) is 6.61 Å². The van der Waals surface area contributed by atoms with Gasteiger partial charge in [-0.1, -0.05) is 6.08 Å². The van der Waals surface area contributed by atoms with Crippen molar-refractivity contribution in [1.82, 2.24) is 10.2 Å². The van der Waals surface area contributed by atoms with Gasteiger partial charge in [-0.2, -0.15) is 0 Å². The van der Waals surface area contributed by atoms with E-state index < -0.39 is 0 Å². The Balaban J connectivity index is 2.88. The summed E-state index contributed by atoms with van der Waals surface area (Å²) in [4.78, 5) is 2.16. The molecule has 0 amide bonds. The third-order valence-electron chi connectivity index (χ3n) is 1.86. The first-order chi connectivity index (χ1) is 6.77. The standard InChI is InChI=1S/C11H24N2O/c1-4-5-6-10-14-11-8-12-7-9-13(2)3/h4,12H,1,5-11H2,2-3H3. The second-order valence-electron chi connectivity index (χ2n) is 3.60. The Kier molecular flexibility index (Phi) is 10.4. The molecule has 0 aromatic heterocycles. The van der Waals surface area contributed by atoms with Gasteiger partial charge >= 0.3 is 0 Å². The van der Waals surface area contributed by atoms with Crippen LogP contribution >= 0.6 is 0 Å². The molecule has 0 unspecified atom stereocenters. The van der Waals surface area contributed by atoms with Crippen molar-refractivity contribution in [3.8, 4) is 0 Å². The van der Waals surface area contributed by atoms with Crippen LogP contribution in [0.4, 0.5) is 0 Å². The molecule has 0 atom stereocenters. The molecule has 0 spiro atoms. The van der Waals surface area contributed by atoms with Crippen LogP contribution in [0.1, 0.15) is 12.8 Å². The summed E-state index contributed by atoms with van der Waals surface area (Å²) < 4.78 is 5.42. The van der Waals surface area contributed by atoms with Crippen LogP contribution in [-0.2, 0) is 4.74 Å². The zero-order chi connectivity index (χ0) is 10.6. The number of nitrogens with one attached hydrogen (secondary N) is 1. The van der Waals surface area contributed by atoms with E-state index in [0.717, 1.165) is 45.7 Å². The number of unbranched alkanes of at least 4 members (excludes halogenated alkanes) is 1. The summed E-state index contributed by atoms with van der Waals surface area (Å²) in [6.07, 6.45) is 4.06. The summed E-state index contributed by atoms with van der Waals surface area (Å²) in [7, 11) is 4.15. The van der Waals surface area contributed by atoms with Gasteiger partial charge in [-0.3, -0.25) is 0 Å². The molecule has 0 saturated carbocycles. The van der Waals surface area contributed by atoms with Crippen molar-refractivity contribution in [3.63, 3.8) is 0 Å². The lowest BCUT2D eigenvalue weighted by Gasteiger charge is -2.10. The smallest absolute Gasteiger partial charge is 0.0590 e. The molecule has 0 heterocycles. The predicted octanol–water partition coefficient (Wildman–Crippen LogP) is 1.12. The highest BCUT2D eigenvalue weighted by Crippen LogP contribution is 1.89. The highest BCUT2D eigenvalue weighted by atomic mass is 16.5. The van der Waals surface area contributed by atoms with Gasteiger partial charge < -0.3 is 15.0 Å². The SMILES string of the molecule is C=CCCCOCCNCCN(C)C. The molecule has 3 nitrogen and oxygen atoms in total. The molecule has 14 heavy (non-hydrogen) atoms. The van der Waals surface area contributed by atoms with Crippen molar-refractivity contribution in [2.24, 2.45) is 0 Å². The molecule has 0 saturated heterocycles. The molecule has 0 aromatic rings. The number of ether oxygens (including phenoxy) is 1. The van der Waals surface area contributed by atoms with Crippen molar-refractivity contribution in [1.29, 1.82) is 0 Å². The van der Waals surface area contributed by atoms with E-state index in [1.165, 1.54) is 0 Å². The van der Waals surface area contributed by atoms with Crippen molar-refractivity contribution < 1.29 is 4.74 Å². The van der Waals surface area contributed by atoms with Crippen LogP contribution in [0.15, 0.2) is 12.7 Å². The highest BCUT2D eigenvalue weighted by Gasteiger charge is 1.90. The van der Waals surface area contributed by atoms with E-state index in [1.54, 1.807) is 0 Å². The third kappa shape index (κ3) is 11.6. The van der Waals surface area contributed by atoms with E-state index in [1.807, 2.05) is 6.08 Å². The van der Waals surface area contributed by atoms with Crippen molar-refractivity contribution in [3.05, 3.63) is 12.7 Å². The highest BCUT2D eigenvalue weighted by molar-refractivity contribution is 4.64. The normalized spacial score (nSPS) is 10.8. The molecule has 0 fully saturated rings. The zero-order valence-corrected chi connectivity index (χ0v) is 9.59. The Hall–Kier alpha value is -0.380. The van der Waals surface area contributed by atoms with E-state index >= 15 is 0 Å². The quantitative estimate of drug-likeness (QED) is 0.422. The Morgan fingerprint density at radius 2 is 2.07 bits per heavy atom. The summed E-state index contributed by atoms with van der Waals surface area (Å²) in [5.74, 6) is 0. The van der Waals surface area contributed by atoms with Crippen LogP contribution < -0.4 is 5.32 Å². The van der Waals surface area contributed by atoms with Crippen molar-refractivity contribution in [2.75, 3.05) is 46.9 Å². The largest absolute Gasteiger partial charge is 0.380 e. The van der Waals surface area contributed by atoms with Gasteiger partial charge in [0.15, 0.2) is 0 Å². The van der Waals surface area contributed by atoms with Gasteiger partial charge in [0.1, 0.15) is 0 Å². The monoisotopic (exact) mass is 200 g/mol. The van der Waals surface area contributed by atoms with Gasteiger partial charge in [0, 0.05) is 26.2 Å². The van der Waals surface area contributed by atoms with E-state index in [-0.39, 0.29) is 0 Å². The Morgan fingerprint density at radius 3 is 2.71 bits per heavy atom. The number of likely N-dealkylation sites (N-methyl/N-ethyl adjacent to an activating group) is 1. The first-order valence-corrected chi connectivity index (χ1v) is 5.31. The number of nitrogens with zero attached hydrogens (tertiary/aromatic N) is 1. The Bertz CT molecular complexity index is 126. The van der Waals surface area contributed by atoms with Crippen molar-refractivity contribution in [2.45, 2.75) is 12.8 Å². The minimum Gasteiger partial charge on any atom is -0.380 e. The number of rotatable bonds is 10. The fraction of sp³-hybridized carbons (Fsp3) is 0.818. The summed E-state index contributed by atoms with van der Waals surface area (Å²) >= 11 is 0. The molecule has 0 aliphatic carbocycles. The molecular weight excluding hydrogens is 176 g/mol. The van der Waals surface area contributed by atoms with Crippen molar-refractivity contribution >= 4 is 0 Å². The summed E-state index contributed by atoms with van der Waals surface area (Å²) in [6.45, 7) is 8.38. The number of hydrogen-bond donors (Lipinski definition) is 1. The van der Waals surface area contributed by atoms with Crippen LogP contribution in [0.2, 0.25) is 0 Å². The predicted molar refractivity (Wildman–Crippen MR) is 61.7 cm³/mol. The van der Waals surface area contributed by atoms with Gasteiger partial charge in [0.25, 0.3) is 0 Å². The number of hydrogen-bond acceptors (Lipinski definition) is 3. The fourth-order valence-electron chi connectivity index (χ4n) is 1.00. The second kappa shape index (κ2) is 10.7. The molecule has 84 valence electrons. The molecule has 0 aliphatic heterocycles. The summed E-state index contributed by atoms with van der Waals surface area (Å²) in [5, 5.41) is 3.32. The number of allylic oxidation sites excluding steroid dienone is 1. The lowest BCUT2D eigenvalue weighted by atomic mass is 10.3. The van der Waals surface area contributed by atoms with Gasteiger partial charge in [-0.05, 0) is 26.9 Å². The lowest BCUT2D eigenvalue weighted by molar-refractivity contribution is 0.134. The van der Waals surface area contributed by atoms with Crippen LogP contribution in [0.5, 0.6) is 0 Å². The minimum atomic E-state index is 0.810. The van der Waals surface area contributed by atoms with E-state index in [0.29, 0.717) is 0 Å². The molecule has 0 rings (SSSR count). The molecule has 0 radical (unpaired) electrons. The molecule has 0 aromatic carbocycles. The molecule has 1 N–H and O–H groups in total. The Labute approximate surface area is 88.1 Å². The zero-order valence-electron chi connectivity index (χ0n) is 9.59. The van der Waals surface area contributed by atoms with Gasteiger partial charge in [-0.15, -0.1) is 6.58 Å².